The maximum atomic E-state index is 11.6. The lowest BCUT2D eigenvalue weighted by atomic mass is 9.78. The number of phenolic OH excluding ortho intramolecular Hbond substituents is 1. The third-order valence-corrected chi connectivity index (χ3v) is 4.61. The van der Waals surface area contributed by atoms with Gasteiger partial charge in [-0.3, -0.25) is 9.59 Å². The second kappa shape index (κ2) is 5.64. The van der Waals surface area contributed by atoms with E-state index >= 15 is 0 Å². The van der Waals surface area contributed by atoms with Gasteiger partial charge in [0.15, 0.2) is 6.29 Å². The number of hydrogen-bond acceptors (Lipinski definition) is 4. The molecule has 0 fully saturated rings. The third-order valence-electron chi connectivity index (χ3n) is 3.80. The summed E-state index contributed by atoms with van der Waals surface area (Å²) in [7, 11) is 0. The van der Waals surface area contributed by atoms with Crippen molar-refractivity contribution in [3.05, 3.63) is 37.8 Å². The van der Waals surface area contributed by atoms with Crippen LogP contribution < -0.4 is 4.87 Å². The minimum absolute atomic E-state index is 0.259. The molecule has 0 aliphatic heterocycles. The van der Waals surface area contributed by atoms with Crippen molar-refractivity contribution in [1.82, 2.24) is 4.98 Å². The fraction of sp³-hybridized carbons (Fsp3) is 0.444. The van der Waals surface area contributed by atoms with Crippen molar-refractivity contribution < 1.29 is 9.90 Å². The Morgan fingerprint density at radius 3 is 1.91 bits per heavy atom. The van der Waals surface area contributed by atoms with Crippen LogP contribution in [-0.4, -0.2) is 16.4 Å². The summed E-state index contributed by atoms with van der Waals surface area (Å²) >= 11 is 0.898. The van der Waals surface area contributed by atoms with Gasteiger partial charge < -0.3 is 10.1 Å². The zero-order valence-electron chi connectivity index (χ0n) is 14.4. The number of benzene rings is 1. The summed E-state index contributed by atoms with van der Waals surface area (Å²) in [6.45, 7) is 12.1. The van der Waals surface area contributed by atoms with Crippen LogP contribution in [0, 0.1) is 0 Å². The summed E-state index contributed by atoms with van der Waals surface area (Å²) in [5.41, 5.74) is 2.33. The van der Waals surface area contributed by atoms with Crippen molar-refractivity contribution in [2.24, 2.45) is 0 Å². The van der Waals surface area contributed by atoms with E-state index in [0.717, 1.165) is 28.0 Å². The van der Waals surface area contributed by atoms with E-state index in [9.17, 15) is 14.7 Å². The quantitative estimate of drug-likeness (QED) is 0.809. The van der Waals surface area contributed by atoms with Gasteiger partial charge in [0.2, 0.25) is 0 Å². The van der Waals surface area contributed by atoms with Crippen molar-refractivity contribution in [1.29, 1.82) is 0 Å². The standard InChI is InChI=1S/C18H23NO3S/c1-17(2,3)11-7-10(8-12(15(11)21)18(4,5)6)14-13(9-20)23-16(22)19-14/h7-9,21H,1-6H3,(H,19,22). The number of carbonyl (C=O) groups is 1. The molecule has 0 atom stereocenters. The number of thiazole rings is 1. The number of aromatic amines is 1. The number of phenols is 1. The van der Waals surface area contributed by atoms with Crippen molar-refractivity contribution >= 4 is 17.6 Å². The predicted octanol–water partition coefficient (Wildman–Crippen LogP) is 4.22. The van der Waals surface area contributed by atoms with Crippen molar-refractivity contribution in [3.63, 3.8) is 0 Å². The summed E-state index contributed by atoms with van der Waals surface area (Å²) in [5.74, 6) is 0.277. The molecular formula is C18H23NO3S. The van der Waals surface area contributed by atoms with Crippen LogP contribution in [0.2, 0.25) is 0 Å². The maximum Gasteiger partial charge on any atom is 0.305 e. The fourth-order valence-electron chi connectivity index (χ4n) is 2.56. The molecule has 0 saturated carbocycles. The Hall–Kier alpha value is -1.88. The number of carbonyl (C=O) groups excluding carboxylic acids is 1. The molecule has 0 bridgehead atoms. The molecule has 0 aliphatic rings. The highest BCUT2D eigenvalue weighted by atomic mass is 32.1. The smallest absolute Gasteiger partial charge is 0.305 e. The number of aromatic nitrogens is 1. The summed E-state index contributed by atoms with van der Waals surface area (Å²) in [5, 5.41) is 10.7. The Morgan fingerprint density at radius 1 is 1.04 bits per heavy atom. The van der Waals surface area contributed by atoms with E-state index in [1.807, 2.05) is 53.7 Å². The molecule has 0 amide bonds. The molecule has 1 heterocycles. The average Bonchev–Trinajstić information content (AvgIpc) is 2.77. The Kier molecular flexibility index (Phi) is 4.28. The summed E-state index contributed by atoms with van der Waals surface area (Å²) < 4.78 is 0. The Balaban J connectivity index is 2.85. The van der Waals surface area contributed by atoms with E-state index in [0.29, 0.717) is 16.9 Å². The number of aldehydes is 1. The molecule has 1 aromatic heterocycles. The van der Waals surface area contributed by atoms with Gasteiger partial charge >= 0.3 is 4.87 Å². The van der Waals surface area contributed by atoms with Gasteiger partial charge in [0.05, 0.1) is 10.6 Å². The number of aromatic hydroxyl groups is 1. The zero-order chi connectivity index (χ0) is 17.6. The number of rotatable bonds is 2. The third kappa shape index (κ3) is 3.39. The molecule has 0 aliphatic carbocycles. The van der Waals surface area contributed by atoms with Crippen LogP contribution in [0.1, 0.15) is 62.3 Å². The van der Waals surface area contributed by atoms with Gasteiger partial charge in [-0.2, -0.15) is 0 Å². The lowest BCUT2D eigenvalue weighted by molar-refractivity contribution is 0.112. The Morgan fingerprint density at radius 2 is 1.52 bits per heavy atom. The number of H-pyrrole nitrogens is 1. The van der Waals surface area contributed by atoms with Crippen LogP contribution >= 0.6 is 11.3 Å². The second-order valence-electron chi connectivity index (χ2n) is 7.79. The van der Waals surface area contributed by atoms with Gasteiger partial charge in [-0.1, -0.05) is 52.9 Å². The van der Waals surface area contributed by atoms with Gasteiger partial charge in [0.1, 0.15) is 5.75 Å². The minimum Gasteiger partial charge on any atom is -0.507 e. The average molecular weight is 333 g/mol. The highest BCUT2D eigenvalue weighted by Gasteiger charge is 2.27. The fourth-order valence-corrected chi connectivity index (χ4v) is 3.23. The number of nitrogens with one attached hydrogen (secondary N) is 1. The van der Waals surface area contributed by atoms with Crippen LogP contribution in [-0.2, 0) is 10.8 Å². The van der Waals surface area contributed by atoms with E-state index in [4.69, 9.17) is 0 Å². The monoisotopic (exact) mass is 333 g/mol. The lowest BCUT2D eigenvalue weighted by Crippen LogP contribution is -2.17. The van der Waals surface area contributed by atoms with Gasteiger partial charge in [-0.15, -0.1) is 0 Å². The summed E-state index contributed by atoms with van der Waals surface area (Å²) in [4.78, 5) is 25.7. The maximum absolute atomic E-state index is 11.6. The van der Waals surface area contributed by atoms with Crippen molar-refractivity contribution in [3.8, 4) is 17.0 Å². The van der Waals surface area contributed by atoms with Crippen LogP contribution in [0.5, 0.6) is 5.75 Å². The first-order chi connectivity index (χ1) is 10.4. The first-order valence-electron chi connectivity index (χ1n) is 7.52. The molecular weight excluding hydrogens is 310 g/mol. The highest BCUT2D eigenvalue weighted by Crippen LogP contribution is 2.42. The second-order valence-corrected chi connectivity index (χ2v) is 8.81. The van der Waals surface area contributed by atoms with E-state index in [-0.39, 0.29) is 21.5 Å². The zero-order valence-corrected chi connectivity index (χ0v) is 15.2. The molecule has 0 spiro atoms. The van der Waals surface area contributed by atoms with Crippen molar-refractivity contribution in [2.75, 3.05) is 0 Å². The van der Waals surface area contributed by atoms with E-state index < -0.39 is 0 Å². The van der Waals surface area contributed by atoms with E-state index in [1.54, 1.807) is 0 Å². The molecule has 2 N–H and O–H groups in total. The van der Waals surface area contributed by atoms with Crippen LogP contribution in [0.25, 0.3) is 11.3 Å². The van der Waals surface area contributed by atoms with Gasteiger partial charge in [-0.05, 0) is 23.0 Å². The molecule has 1 aromatic carbocycles. The predicted molar refractivity (Wildman–Crippen MR) is 94.8 cm³/mol. The van der Waals surface area contributed by atoms with E-state index in [1.165, 1.54) is 0 Å². The molecule has 0 radical (unpaired) electrons. The van der Waals surface area contributed by atoms with Gasteiger partial charge in [0, 0.05) is 16.7 Å². The van der Waals surface area contributed by atoms with Crippen LogP contribution in [0.15, 0.2) is 16.9 Å². The molecule has 2 rings (SSSR count). The molecule has 23 heavy (non-hydrogen) atoms. The SMILES string of the molecule is CC(C)(C)c1cc(-c2[nH]c(=O)sc2C=O)cc(C(C)(C)C)c1O. The molecule has 0 saturated heterocycles. The van der Waals surface area contributed by atoms with Crippen molar-refractivity contribution in [2.45, 2.75) is 52.4 Å². The Bertz CT molecular complexity index is 766. The topological polar surface area (TPSA) is 70.2 Å². The van der Waals surface area contributed by atoms with Crippen LogP contribution in [0.3, 0.4) is 0 Å². The molecule has 4 nitrogen and oxygen atoms in total. The molecule has 2 aromatic rings. The normalized spacial score (nSPS) is 12.4. The largest absolute Gasteiger partial charge is 0.507 e. The first kappa shape index (κ1) is 17.5. The minimum atomic E-state index is -0.266. The molecule has 5 heteroatoms. The molecule has 124 valence electrons. The first-order valence-corrected chi connectivity index (χ1v) is 8.33. The van der Waals surface area contributed by atoms with Gasteiger partial charge in [0.25, 0.3) is 0 Å². The Labute approximate surface area is 140 Å². The van der Waals surface area contributed by atoms with Gasteiger partial charge in [-0.25, -0.2) is 0 Å². The lowest BCUT2D eigenvalue weighted by Gasteiger charge is -2.28. The summed E-state index contributed by atoms with van der Waals surface area (Å²) in [6, 6.07) is 3.71. The number of hydrogen-bond donors (Lipinski definition) is 2. The highest BCUT2D eigenvalue weighted by molar-refractivity contribution is 7.11. The molecule has 0 unspecified atom stereocenters. The summed E-state index contributed by atoms with van der Waals surface area (Å²) in [6.07, 6.45) is 0.693. The van der Waals surface area contributed by atoms with E-state index in [2.05, 4.69) is 4.98 Å². The van der Waals surface area contributed by atoms with Crippen LogP contribution in [0.4, 0.5) is 0 Å².